The molecule has 0 unspecified atom stereocenters. The number of aryl methyl sites for hydroxylation is 1. The number of amides is 2. The third-order valence-electron chi connectivity index (χ3n) is 4.16. The van der Waals surface area contributed by atoms with Crippen molar-refractivity contribution in [2.45, 2.75) is 25.7 Å². The molecule has 146 valence electrons. The highest BCUT2D eigenvalue weighted by molar-refractivity contribution is 7.89. The number of carbonyl (C=O) groups is 1. The van der Waals surface area contributed by atoms with Gasteiger partial charge in [0.1, 0.15) is 5.75 Å². The molecule has 0 spiro atoms. The molecule has 0 atom stereocenters. The Kier molecular flexibility index (Phi) is 6.81. The standard InChI is InChI=1S/C19H25N3O4S/c1-5-22(6-2)27(24,25)15-11-12-18(26-4)17(13-15)21-19(23)20-16-10-8-7-9-14(16)3/h7-13H,5-6H2,1-4H3,(H2,20,21,23). The third kappa shape index (κ3) is 4.78. The quantitative estimate of drug-likeness (QED) is 0.754. The molecule has 0 aromatic heterocycles. The zero-order valence-corrected chi connectivity index (χ0v) is 16.8. The summed E-state index contributed by atoms with van der Waals surface area (Å²) in [6.07, 6.45) is 0. The van der Waals surface area contributed by atoms with Crippen molar-refractivity contribution in [1.82, 2.24) is 4.31 Å². The molecule has 0 radical (unpaired) electrons. The fourth-order valence-electron chi connectivity index (χ4n) is 2.65. The van der Waals surface area contributed by atoms with Crippen LogP contribution in [0.25, 0.3) is 0 Å². The minimum absolute atomic E-state index is 0.0955. The number of benzene rings is 2. The second-order valence-electron chi connectivity index (χ2n) is 5.85. The zero-order chi connectivity index (χ0) is 20.0. The molecule has 0 fully saturated rings. The molecule has 0 bridgehead atoms. The molecule has 2 N–H and O–H groups in total. The number of anilines is 2. The predicted molar refractivity (Wildman–Crippen MR) is 107 cm³/mol. The number of carbonyl (C=O) groups excluding carboxylic acids is 1. The maximum Gasteiger partial charge on any atom is 0.323 e. The van der Waals surface area contributed by atoms with Gasteiger partial charge in [-0.05, 0) is 36.8 Å². The van der Waals surface area contributed by atoms with Crippen LogP contribution in [-0.4, -0.2) is 39.0 Å². The van der Waals surface area contributed by atoms with E-state index in [1.54, 1.807) is 19.9 Å². The highest BCUT2D eigenvalue weighted by atomic mass is 32.2. The topological polar surface area (TPSA) is 87.7 Å². The van der Waals surface area contributed by atoms with E-state index in [9.17, 15) is 13.2 Å². The van der Waals surface area contributed by atoms with Crippen molar-refractivity contribution in [2.75, 3.05) is 30.8 Å². The van der Waals surface area contributed by atoms with Crippen LogP contribution in [0.15, 0.2) is 47.4 Å². The SMILES string of the molecule is CCN(CC)S(=O)(=O)c1ccc(OC)c(NC(=O)Nc2ccccc2C)c1. The van der Waals surface area contributed by atoms with Crippen molar-refractivity contribution in [3.05, 3.63) is 48.0 Å². The Morgan fingerprint density at radius 2 is 1.67 bits per heavy atom. The molecule has 0 saturated carbocycles. The molecule has 0 saturated heterocycles. The second kappa shape index (κ2) is 8.88. The number of rotatable bonds is 7. The molecular formula is C19H25N3O4S. The highest BCUT2D eigenvalue weighted by Gasteiger charge is 2.23. The number of methoxy groups -OCH3 is 1. The largest absolute Gasteiger partial charge is 0.495 e. The van der Waals surface area contributed by atoms with E-state index in [-0.39, 0.29) is 10.6 Å². The predicted octanol–water partition coefficient (Wildman–Crippen LogP) is 3.68. The van der Waals surface area contributed by atoms with Gasteiger partial charge in [-0.3, -0.25) is 0 Å². The lowest BCUT2D eigenvalue weighted by atomic mass is 10.2. The van der Waals surface area contributed by atoms with Gasteiger partial charge in [0.25, 0.3) is 0 Å². The molecule has 0 aliphatic heterocycles. The van der Waals surface area contributed by atoms with E-state index in [1.807, 2.05) is 25.1 Å². The summed E-state index contributed by atoms with van der Waals surface area (Å²) in [6.45, 7) is 6.16. The average molecular weight is 391 g/mol. The second-order valence-corrected chi connectivity index (χ2v) is 7.78. The van der Waals surface area contributed by atoms with E-state index >= 15 is 0 Å². The summed E-state index contributed by atoms with van der Waals surface area (Å²) in [7, 11) is -2.19. The van der Waals surface area contributed by atoms with Crippen molar-refractivity contribution in [3.63, 3.8) is 0 Å². The Balaban J connectivity index is 2.30. The molecule has 0 heterocycles. The van der Waals surface area contributed by atoms with Crippen molar-refractivity contribution in [2.24, 2.45) is 0 Å². The minimum Gasteiger partial charge on any atom is -0.495 e. The third-order valence-corrected chi connectivity index (χ3v) is 6.20. The van der Waals surface area contributed by atoms with Crippen LogP contribution in [0.3, 0.4) is 0 Å². The van der Waals surface area contributed by atoms with E-state index in [2.05, 4.69) is 10.6 Å². The van der Waals surface area contributed by atoms with Crippen molar-refractivity contribution in [1.29, 1.82) is 0 Å². The molecule has 2 aromatic rings. The number of para-hydroxylation sites is 1. The fraction of sp³-hybridized carbons (Fsp3) is 0.316. The van der Waals surface area contributed by atoms with Gasteiger partial charge in [-0.15, -0.1) is 0 Å². The zero-order valence-electron chi connectivity index (χ0n) is 15.9. The molecule has 0 aliphatic carbocycles. The average Bonchev–Trinajstić information content (AvgIpc) is 2.64. The number of sulfonamides is 1. The summed E-state index contributed by atoms with van der Waals surface area (Å²) in [5.41, 5.74) is 1.86. The molecule has 27 heavy (non-hydrogen) atoms. The summed E-state index contributed by atoms with van der Waals surface area (Å²) in [4.78, 5) is 12.5. The van der Waals surface area contributed by atoms with Crippen LogP contribution in [-0.2, 0) is 10.0 Å². The Morgan fingerprint density at radius 1 is 1.04 bits per heavy atom. The van der Waals surface area contributed by atoms with Gasteiger partial charge < -0.3 is 15.4 Å². The van der Waals surface area contributed by atoms with Gasteiger partial charge in [-0.25, -0.2) is 13.2 Å². The van der Waals surface area contributed by atoms with Crippen molar-refractivity contribution >= 4 is 27.4 Å². The van der Waals surface area contributed by atoms with Gasteiger partial charge in [0, 0.05) is 18.8 Å². The fourth-order valence-corrected chi connectivity index (χ4v) is 4.13. The number of nitrogens with zero attached hydrogens (tertiary/aromatic N) is 1. The van der Waals surface area contributed by atoms with Gasteiger partial charge in [0.05, 0.1) is 17.7 Å². The van der Waals surface area contributed by atoms with Gasteiger partial charge in [0.2, 0.25) is 10.0 Å². The van der Waals surface area contributed by atoms with Crippen LogP contribution in [0.4, 0.5) is 16.2 Å². The molecule has 0 aliphatic rings. The first kappa shape index (κ1) is 20.7. The molecule has 2 aromatic carbocycles. The maximum atomic E-state index is 12.7. The molecule has 8 heteroatoms. The Morgan fingerprint density at radius 3 is 2.26 bits per heavy atom. The minimum atomic E-state index is -3.64. The van der Waals surface area contributed by atoms with E-state index in [4.69, 9.17) is 4.74 Å². The van der Waals surface area contributed by atoms with E-state index < -0.39 is 16.1 Å². The van der Waals surface area contributed by atoms with Crippen LogP contribution in [0.1, 0.15) is 19.4 Å². The number of urea groups is 1. The summed E-state index contributed by atoms with van der Waals surface area (Å²) in [5.74, 6) is 0.369. The van der Waals surface area contributed by atoms with Gasteiger partial charge in [-0.2, -0.15) is 4.31 Å². The summed E-state index contributed by atoms with van der Waals surface area (Å²) in [5, 5.41) is 5.41. The van der Waals surface area contributed by atoms with E-state index in [1.165, 1.54) is 29.6 Å². The molecule has 7 nitrogen and oxygen atoms in total. The van der Waals surface area contributed by atoms with Gasteiger partial charge in [-0.1, -0.05) is 32.0 Å². The molecular weight excluding hydrogens is 366 g/mol. The van der Waals surface area contributed by atoms with Crippen LogP contribution >= 0.6 is 0 Å². The normalized spacial score (nSPS) is 11.3. The number of nitrogens with one attached hydrogen (secondary N) is 2. The Hall–Kier alpha value is -2.58. The smallest absolute Gasteiger partial charge is 0.323 e. The Labute approximate surface area is 160 Å². The lowest BCUT2D eigenvalue weighted by Gasteiger charge is -2.20. The lowest BCUT2D eigenvalue weighted by Crippen LogP contribution is -2.30. The van der Waals surface area contributed by atoms with Gasteiger partial charge in [0.15, 0.2) is 0 Å². The summed E-state index contributed by atoms with van der Waals surface area (Å²) in [6, 6.07) is 11.3. The summed E-state index contributed by atoms with van der Waals surface area (Å²) >= 11 is 0. The first-order chi connectivity index (χ1) is 12.8. The van der Waals surface area contributed by atoms with Crippen LogP contribution in [0.5, 0.6) is 5.75 Å². The van der Waals surface area contributed by atoms with E-state index in [0.29, 0.717) is 24.5 Å². The van der Waals surface area contributed by atoms with Crippen LogP contribution in [0, 0.1) is 6.92 Å². The monoisotopic (exact) mass is 391 g/mol. The van der Waals surface area contributed by atoms with E-state index in [0.717, 1.165) is 5.56 Å². The number of hydrogen-bond donors (Lipinski definition) is 2. The maximum absolute atomic E-state index is 12.7. The first-order valence-corrected chi connectivity index (χ1v) is 10.1. The Bertz CT molecular complexity index is 909. The lowest BCUT2D eigenvalue weighted by molar-refractivity contribution is 0.262. The highest BCUT2D eigenvalue weighted by Crippen LogP contribution is 2.29. The molecule has 2 rings (SSSR count). The van der Waals surface area contributed by atoms with Crippen LogP contribution < -0.4 is 15.4 Å². The summed E-state index contributed by atoms with van der Waals surface area (Å²) < 4.78 is 32.1. The van der Waals surface area contributed by atoms with Gasteiger partial charge >= 0.3 is 6.03 Å². The van der Waals surface area contributed by atoms with Crippen molar-refractivity contribution in [3.8, 4) is 5.75 Å². The number of hydrogen-bond acceptors (Lipinski definition) is 4. The van der Waals surface area contributed by atoms with Crippen LogP contribution in [0.2, 0.25) is 0 Å². The first-order valence-electron chi connectivity index (χ1n) is 8.65. The number of ether oxygens (including phenoxy) is 1. The molecule has 2 amide bonds. The van der Waals surface area contributed by atoms with Crippen molar-refractivity contribution < 1.29 is 17.9 Å².